The van der Waals surface area contributed by atoms with Gasteiger partial charge < -0.3 is 10.1 Å². The fourth-order valence-electron chi connectivity index (χ4n) is 1.83. The minimum atomic E-state index is -3.21. The molecule has 0 unspecified atom stereocenters. The van der Waals surface area contributed by atoms with Crippen molar-refractivity contribution in [3.63, 3.8) is 0 Å². The molecule has 8 heteroatoms. The number of halogens is 2. The van der Waals surface area contributed by atoms with Gasteiger partial charge >= 0.3 is 6.61 Å². The van der Waals surface area contributed by atoms with Crippen LogP contribution >= 0.6 is 0 Å². The van der Waals surface area contributed by atoms with Crippen molar-refractivity contribution >= 4 is 15.5 Å². The molecule has 0 amide bonds. The van der Waals surface area contributed by atoms with E-state index in [0.717, 1.165) is 5.69 Å². The fraction of sp³-hybridized carbons (Fsp3) is 0.267. The lowest BCUT2D eigenvalue weighted by molar-refractivity contribution is -0.0500. The van der Waals surface area contributed by atoms with E-state index in [1.165, 1.54) is 24.4 Å². The highest BCUT2D eigenvalue weighted by atomic mass is 32.2. The van der Waals surface area contributed by atoms with E-state index in [1.54, 1.807) is 25.1 Å². The molecule has 124 valence electrons. The molecule has 0 bridgehead atoms. The van der Waals surface area contributed by atoms with E-state index in [1.807, 2.05) is 0 Å². The lowest BCUT2D eigenvalue weighted by atomic mass is 10.3. The molecule has 0 spiro atoms. The standard InChI is InChI=1S/C15H16F2N2O3S/c1-2-23(20,21)14-7-4-11(5-8-14)18-9-12-3-6-13(10-19-12)22-15(16)17/h3-8,10,15,18H,2,9H2,1H3. The smallest absolute Gasteiger partial charge is 0.387 e. The van der Waals surface area contributed by atoms with Crippen LogP contribution in [0.15, 0.2) is 47.5 Å². The number of aromatic nitrogens is 1. The molecule has 0 saturated heterocycles. The summed E-state index contributed by atoms with van der Waals surface area (Å²) in [5, 5.41) is 3.07. The summed E-state index contributed by atoms with van der Waals surface area (Å²) in [4.78, 5) is 4.28. The van der Waals surface area contributed by atoms with E-state index in [9.17, 15) is 17.2 Å². The van der Waals surface area contributed by atoms with E-state index >= 15 is 0 Å². The first-order chi connectivity index (χ1) is 10.9. The summed E-state index contributed by atoms with van der Waals surface area (Å²) in [7, 11) is -3.21. The van der Waals surface area contributed by atoms with Crippen molar-refractivity contribution in [2.75, 3.05) is 11.1 Å². The first kappa shape index (κ1) is 17.1. The second-order valence-electron chi connectivity index (χ2n) is 4.65. The minimum Gasteiger partial charge on any atom is -0.433 e. The zero-order chi connectivity index (χ0) is 16.9. The topological polar surface area (TPSA) is 68.3 Å². The Morgan fingerprint density at radius 3 is 2.39 bits per heavy atom. The van der Waals surface area contributed by atoms with E-state index in [2.05, 4.69) is 15.0 Å². The van der Waals surface area contributed by atoms with Crippen LogP contribution in [0.5, 0.6) is 5.75 Å². The van der Waals surface area contributed by atoms with Crippen LogP contribution in [0.1, 0.15) is 12.6 Å². The van der Waals surface area contributed by atoms with Crippen molar-refractivity contribution in [3.8, 4) is 5.75 Å². The molecule has 0 atom stereocenters. The number of hydrogen-bond donors (Lipinski definition) is 1. The Balaban J connectivity index is 1.96. The largest absolute Gasteiger partial charge is 0.433 e. The first-order valence-electron chi connectivity index (χ1n) is 6.87. The van der Waals surface area contributed by atoms with Crippen LogP contribution in [0.4, 0.5) is 14.5 Å². The summed E-state index contributed by atoms with van der Waals surface area (Å²) in [6.45, 7) is -0.914. The van der Waals surface area contributed by atoms with Crippen LogP contribution in [0.3, 0.4) is 0 Å². The summed E-state index contributed by atoms with van der Waals surface area (Å²) in [6, 6.07) is 9.38. The number of nitrogens with one attached hydrogen (secondary N) is 1. The SMILES string of the molecule is CCS(=O)(=O)c1ccc(NCc2ccc(OC(F)F)cn2)cc1. The Morgan fingerprint density at radius 2 is 1.87 bits per heavy atom. The van der Waals surface area contributed by atoms with Crippen molar-refractivity contribution in [1.82, 2.24) is 4.98 Å². The van der Waals surface area contributed by atoms with Gasteiger partial charge in [0.15, 0.2) is 9.84 Å². The third-order valence-corrected chi connectivity index (χ3v) is 4.84. The maximum atomic E-state index is 12.0. The number of sulfone groups is 1. The van der Waals surface area contributed by atoms with Crippen molar-refractivity contribution in [2.24, 2.45) is 0 Å². The van der Waals surface area contributed by atoms with Crippen LogP contribution in [0.2, 0.25) is 0 Å². The zero-order valence-electron chi connectivity index (χ0n) is 12.4. The summed E-state index contributed by atoms with van der Waals surface area (Å²) >= 11 is 0. The van der Waals surface area contributed by atoms with Crippen molar-refractivity contribution < 1.29 is 21.9 Å². The number of alkyl halides is 2. The Labute approximate surface area is 133 Å². The number of benzene rings is 1. The van der Waals surface area contributed by atoms with Crippen molar-refractivity contribution in [1.29, 1.82) is 0 Å². The van der Waals surface area contributed by atoms with Gasteiger partial charge in [-0.3, -0.25) is 4.98 Å². The highest BCUT2D eigenvalue weighted by Crippen LogP contribution is 2.17. The van der Waals surface area contributed by atoms with Gasteiger partial charge in [0.05, 0.1) is 29.1 Å². The van der Waals surface area contributed by atoms with Crippen LogP contribution in [-0.4, -0.2) is 25.8 Å². The molecule has 2 aromatic rings. The third kappa shape index (κ3) is 4.88. The predicted octanol–water partition coefficient (Wildman–Crippen LogP) is 3.09. The number of rotatable bonds is 7. The fourth-order valence-corrected chi connectivity index (χ4v) is 2.71. The Bertz CT molecular complexity index is 732. The normalized spacial score (nSPS) is 11.5. The van der Waals surface area contributed by atoms with Crippen molar-refractivity contribution in [3.05, 3.63) is 48.3 Å². The summed E-state index contributed by atoms with van der Waals surface area (Å²) < 4.78 is 51.7. The molecule has 2 rings (SSSR count). The van der Waals surface area contributed by atoms with Gasteiger partial charge in [-0.2, -0.15) is 8.78 Å². The number of ether oxygens (including phenoxy) is 1. The van der Waals surface area contributed by atoms with Gasteiger partial charge in [0, 0.05) is 5.69 Å². The van der Waals surface area contributed by atoms with Gasteiger partial charge in [0.25, 0.3) is 0 Å². The van der Waals surface area contributed by atoms with Gasteiger partial charge in [-0.05, 0) is 36.4 Å². The molecule has 0 aliphatic rings. The first-order valence-corrected chi connectivity index (χ1v) is 8.52. The molecular weight excluding hydrogens is 326 g/mol. The Hall–Kier alpha value is -2.22. The quantitative estimate of drug-likeness (QED) is 0.837. The highest BCUT2D eigenvalue weighted by molar-refractivity contribution is 7.91. The van der Waals surface area contributed by atoms with Crippen molar-refractivity contribution in [2.45, 2.75) is 25.0 Å². The van der Waals surface area contributed by atoms with Crippen LogP contribution < -0.4 is 10.1 Å². The molecule has 5 nitrogen and oxygen atoms in total. The van der Waals surface area contributed by atoms with Gasteiger partial charge in [-0.15, -0.1) is 0 Å². The Kier molecular flexibility index (Phi) is 5.49. The summed E-state index contributed by atoms with van der Waals surface area (Å²) in [5.41, 5.74) is 1.37. The average molecular weight is 342 g/mol. The van der Waals surface area contributed by atoms with E-state index in [-0.39, 0.29) is 16.4 Å². The number of nitrogens with zero attached hydrogens (tertiary/aromatic N) is 1. The summed E-state index contributed by atoms with van der Waals surface area (Å²) in [5.74, 6) is 0.0503. The molecular formula is C15H16F2N2O3S. The maximum Gasteiger partial charge on any atom is 0.387 e. The van der Waals surface area contributed by atoms with E-state index in [0.29, 0.717) is 12.2 Å². The molecule has 0 aliphatic heterocycles. The van der Waals surface area contributed by atoms with Crippen LogP contribution in [0, 0.1) is 0 Å². The molecule has 1 heterocycles. The monoisotopic (exact) mass is 342 g/mol. The molecule has 1 N–H and O–H groups in total. The van der Waals surface area contributed by atoms with Gasteiger partial charge in [-0.1, -0.05) is 6.92 Å². The molecule has 23 heavy (non-hydrogen) atoms. The number of hydrogen-bond acceptors (Lipinski definition) is 5. The second kappa shape index (κ2) is 7.36. The molecule has 1 aromatic carbocycles. The molecule has 0 radical (unpaired) electrons. The van der Waals surface area contributed by atoms with E-state index in [4.69, 9.17) is 0 Å². The lowest BCUT2D eigenvalue weighted by Crippen LogP contribution is -2.05. The molecule has 1 aromatic heterocycles. The average Bonchev–Trinajstić information content (AvgIpc) is 2.54. The predicted molar refractivity (Wildman–Crippen MR) is 82.4 cm³/mol. The van der Waals surface area contributed by atoms with Gasteiger partial charge in [-0.25, -0.2) is 8.42 Å². The highest BCUT2D eigenvalue weighted by Gasteiger charge is 2.10. The van der Waals surface area contributed by atoms with Gasteiger partial charge in [0.1, 0.15) is 5.75 Å². The molecule has 0 aliphatic carbocycles. The number of anilines is 1. The second-order valence-corrected chi connectivity index (χ2v) is 6.92. The maximum absolute atomic E-state index is 12.0. The summed E-state index contributed by atoms with van der Waals surface area (Å²) in [6.07, 6.45) is 1.22. The van der Waals surface area contributed by atoms with E-state index < -0.39 is 16.4 Å². The third-order valence-electron chi connectivity index (χ3n) is 3.09. The number of pyridine rings is 1. The van der Waals surface area contributed by atoms with Gasteiger partial charge in [0.2, 0.25) is 0 Å². The minimum absolute atomic E-state index is 0.00197. The Morgan fingerprint density at radius 1 is 1.17 bits per heavy atom. The van der Waals surface area contributed by atoms with Crippen LogP contribution in [0.25, 0.3) is 0 Å². The zero-order valence-corrected chi connectivity index (χ0v) is 13.2. The molecule has 0 saturated carbocycles. The van der Waals surface area contributed by atoms with Crippen LogP contribution in [-0.2, 0) is 16.4 Å². The lowest BCUT2D eigenvalue weighted by Gasteiger charge is -2.08. The molecule has 0 fully saturated rings.